The Morgan fingerprint density at radius 2 is 2.09 bits per heavy atom. The number of aromatic nitrogens is 4. The fourth-order valence-corrected chi connectivity index (χ4v) is 2.31. The summed E-state index contributed by atoms with van der Waals surface area (Å²) < 4.78 is 8.55. The molecule has 7 heteroatoms. The molecule has 120 valence electrons. The van der Waals surface area contributed by atoms with Crippen LogP contribution < -0.4 is 5.32 Å². The minimum atomic E-state index is -0.262. The van der Waals surface area contributed by atoms with E-state index in [1.165, 1.54) is 0 Å². The van der Waals surface area contributed by atoms with Crippen LogP contribution in [0.2, 0.25) is 0 Å². The zero-order chi connectivity index (χ0) is 16.3. The summed E-state index contributed by atoms with van der Waals surface area (Å²) in [6, 6.07) is 3.43. The maximum Gasteiger partial charge on any atom is 0.270 e. The van der Waals surface area contributed by atoms with Crippen molar-refractivity contribution in [1.29, 1.82) is 0 Å². The van der Waals surface area contributed by atoms with Gasteiger partial charge in [0.15, 0.2) is 0 Å². The molecule has 7 nitrogen and oxygen atoms in total. The lowest BCUT2D eigenvalue weighted by atomic mass is 10.1. The van der Waals surface area contributed by atoms with Gasteiger partial charge in [-0.25, -0.2) is 0 Å². The molecular weight excluding hydrogens is 282 g/mol. The third-order valence-electron chi connectivity index (χ3n) is 3.58. The molecule has 0 aliphatic rings. The molecule has 1 N–H and O–H groups in total. The predicted octanol–water partition coefficient (Wildman–Crippen LogP) is 1.39. The van der Waals surface area contributed by atoms with Crippen molar-refractivity contribution in [3.8, 4) is 0 Å². The van der Waals surface area contributed by atoms with Gasteiger partial charge < -0.3 is 10.1 Å². The Morgan fingerprint density at radius 3 is 2.59 bits per heavy atom. The Labute approximate surface area is 130 Å². The first-order valence-electron chi connectivity index (χ1n) is 7.25. The van der Waals surface area contributed by atoms with Crippen molar-refractivity contribution in [2.45, 2.75) is 25.8 Å². The van der Waals surface area contributed by atoms with E-state index in [2.05, 4.69) is 15.5 Å². The van der Waals surface area contributed by atoms with Crippen molar-refractivity contribution in [3.05, 3.63) is 35.4 Å². The molecule has 0 saturated carbocycles. The van der Waals surface area contributed by atoms with Crippen LogP contribution in [0.1, 0.15) is 47.7 Å². The Kier molecular flexibility index (Phi) is 4.97. The molecule has 2 aromatic heterocycles. The monoisotopic (exact) mass is 305 g/mol. The van der Waals surface area contributed by atoms with Gasteiger partial charge in [-0.1, -0.05) is 13.8 Å². The second kappa shape index (κ2) is 6.74. The molecule has 0 fully saturated rings. The molecule has 0 aromatic carbocycles. The molecule has 2 aromatic rings. The summed E-state index contributed by atoms with van der Waals surface area (Å²) in [5, 5.41) is 11.5. The second-order valence-electron chi connectivity index (χ2n) is 5.59. The first kappa shape index (κ1) is 16.2. The Balaban J connectivity index is 2.20. The van der Waals surface area contributed by atoms with Crippen molar-refractivity contribution in [1.82, 2.24) is 24.9 Å². The van der Waals surface area contributed by atoms with Crippen LogP contribution in [0.4, 0.5) is 0 Å². The number of nitrogens with zero attached hydrogens (tertiary/aromatic N) is 4. The minimum absolute atomic E-state index is 0.176. The largest absolute Gasteiger partial charge is 0.382 e. The van der Waals surface area contributed by atoms with E-state index >= 15 is 0 Å². The van der Waals surface area contributed by atoms with Crippen LogP contribution in [-0.4, -0.2) is 39.2 Å². The predicted molar refractivity (Wildman–Crippen MR) is 82.6 cm³/mol. The van der Waals surface area contributed by atoms with E-state index in [4.69, 9.17) is 4.74 Å². The van der Waals surface area contributed by atoms with Crippen molar-refractivity contribution in [2.24, 2.45) is 14.1 Å². The summed E-state index contributed by atoms with van der Waals surface area (Å²) in [5.41, 5.74) is 2.32. The van der Waals surface area contributed by atoms with Crippen molar-refractivity contribution in [3.63, 3.8) is 0 Å². The quantitative estimate of drug-likeness (QED) is 0.875. The van der Waals surface area contributed by atoms with Gasteiger partial charge in [-0.2, -0.15) is 10.2 Å². The number of hydrogen-bond acceptors (Lipinski definition) is 4. The second-order valence-corrected chi connectivity index (χ2v) is 5.59. The maximum absolute atomic E-state index is 12.5. The highest BCUT2D eigenvalue weighted by Crippen LogP contribution is 2.16. The smallest absolute Gasteiger partial charge is 0.270 e. The molecule has 2 rings (SSSR count). The number of hydrogen-bond donors (Lipinski definition) is 1. The fraction of sp³-hybridized carbons (Fsp3) is 0.533. The molecule has 2 heterocycles. The van der Waals surface area contributed by atoms with Gasteiger partial charge in [0.25, 0.3) is 5.91 Å². The Morgan fingerprint density at radius 1 is 1.36 bits per heavy atom. The van der Waals surface area contributed by atoms with Gasteiger partial charge in [-0.3, -0.25) is 14.2 Å². The fourth-order valence-electron chi connectivity index (χ4n) is 2.31. The number of aryl methyl sites for hydroxylation is 2. The van der Waals surface area contributed by atoms with Crippen molar-refractivity contribution >= 4 is 5.91 Å². The SMILES string of the molecule is COC[C@@H](NC(=O)c1cc(C(C)C)nn1C)c1ccnn1C. The Bertz CT molecular complexity index is 644. The summed E-state index contributed by atoms with van der Waals surface area (Å²) >= 11 is 0. The summed E-state index contributed by atoms with van der Waals surface area (Å²) in [4.78, 5) is 12.5. The van der Waals surface area contributed by atoms with Crippen LogP contribution in [0, 0.1) is 0 Å². The molecule has 0 radical (unpaired) electrons. The molecule has 22 heavy (non-hydrogen) atoms. The standard InChI is InChI=1S/C15H23N5O2/c1-10(2)11-8-14(20(4)18-11)15(21)17-12(9-22-5)13-6-7-16-19(13)3/h6-8,10,12H,9H2,1-5H3,(H,17,21)/t12-/m1/s1. The number of nitrogens with one attached hydrogen (secondary N) is 1. The van der Waals surface area contributed by atoms with Crippen LogP contribution in [-0.2, 0) is 18.8 Å². The number of methoxy groups -OCH3 is 1. The molecule has 0 bridgehead atoms. The van der Waals surface area contributed by atoms with E-state index in [1.807, 2.05) is 33.0 Å². The van der Waals surface area contributed by atoms with Crippen LogP contribution in [0.3, 0.4) is 0 Å². The zero-order valence-corrected chi connectivity index (χ0v) is 13.7. The van der Waals surface area contributed by atoms with Gasteiger partial charge in [0, 0.05) is 27.4 Å². The van der Waals surface area contributed by atoms with E-state index in [-0.39, 0.29) is 17.9 Å². The molecule has 0 aliphatic heterocycles. The first-order chi connectivity index (χ1) is 10.4. The number of ether oxygens (including phenoxy) is 1. The average molecular weight is 305 g/mol. The van der Waals surface area contributed by atoms with Gasteiger partial charge in [0.2, 0.25) is 0 Å². The highest BCUT2D eigenvalue weighted by atomic mass is 16.5. The highest BCUT2D eigenvalue weighted by Gasteiger charge is 2.21. The lowest BCUT2D eigenvalue weighted by Gasteiger charge is -2.18. The van der Waals surface area contributed by atoms with Crippen LogP contribution in [0.25, 0.3) is 0 Å². The first-order valence-corrected chi connectivity index (χ1v) is 7.25. The third kappa shape index (κ3) is 3.36. The van der Waals surface area contributed by atoms with Crippen LogP contribution in [0.15, 0.2) is 18.3 Å². The normalized spacial score (nSPS) is 12.6. The van der Waals surface area contributed by atoms with E-state index in [1.54, 1.807) is 29.7 Å². The van der Waals surface area contributed by atoms with Gasteiger partial charge >= 0.3 is 0 Å². The van der Waals surface area contributed by atoms with E-state index in [9.17, 15) is 4.79 Å². The van der Waals surface area contributed by atoms with E-state index in [0.717, 1.165) is 11.4 Å². The van der Waals surface area contributed by atoms with E-state index in [0.29, 0.717) is 12.3 Å². The minimum Gasteiger partial charge on any atom is -0.382 e. The topological polar surface area (TPSA) is 74.0 Å². The van der Waals surface area contributed by atoms with E-state index < -0.39 is 0 Å². The van der Waals surface area contributed by atoms with Gasteiger partial charge in [0.1, 0.15) is 5.69 Å². The molecular formula is C15H23N5O2. The summed E-state index contributed by atoms with van der Waals surface area (Å²) in [5.74, 6) is 0.102. The van der Waals surface area contributed by atoms with Crippen molar-refractivity contribution in [2.75, 3.05) is 13.7 Å². The molecule has 1 amide bonds. The van der Waals surface area contributed by atoms with Crippen LogP contribution in [0.5, 0.6) is 0 Å². The number of amides is 1. The number of rotatable bonds is 6. The summed E-state index contributed by atoms with van der Waals surface area (Å²) in [6.45, 7) is 4.47. The molecule has 1 atom stereocenters. The lowest BCUT2D eigenvalue weighted by Crippen LogP contribution is -2.33. The Hall–Kier alpha value is -2.15. The maximum atomic E-state index is 12.5. The average Bonchev–Trinajstić information content (AvgIpc) is 3.04. The number of carbonyl (C=O) groups excluding carboxylic acids is 1. The van der Waals surface area contributed by atoms with Gasteiger partial charge in [-0.05, 0) is 18.1 Å². The number of carbonyl (C=O) groups is 1. The molecule has 0 aliphatic carbocycles. The molecule has 0 spiro atoms. The highest BCUT2D eigenvalue weighted by molar-refractivity contribution is 5.93. The summed E-state index contributed by atoms with van der Waals surface area (Å²) in [6.07, 6.45) is 1.70. The molecule has 0 unspecified atom stereocenters. The summed E-state index contributed by atoms with van der Waals surface area (Å²) in [7, 11) is 5.22. The van der Waals surface area contributed by atoms with Gasteiger partial charge in [0.05, 0.1) is 24.0 Å². The van der Waals surface area contributed by atoms with Crippen LogP contribution >= 0.6 is 0 Å². The lowest BCUT2D eigenvalue weighted by molar-refractivity contribution is 0.0883. The third-order valence-corrected chi connectivity index (χ3v) is 3.58. The van der Waals surface area contributed by atoms with Gasteiger partial charge in [-0.15, -0.1) is 0 Å². The zero-order valence-electron chi connectivity index (χ0n) is 13.7. The van der Waals surface area contributed by atoms with Crippen molar-refractivity contribution < 1.29 is 9.53 Å². The molecule has 0 saturated heterocycles.